The summed E-state index contributed by atoms with van der Waals surface area (Å²) in [6.07, 6.45) is 4.87. The van der Waals surface area contributed by atoms with Gasteiger partial charge in [0.1, 0.15) is 11.6 Å². The van der Waals surface area contributed by atoms with Crippen LogP contribution in [0.25, 0.3) is 0 Å². The number of nitrogens with one attached hydrogen (secondary N) is 2. The largest absolute Gasteiger partial charge is 0.495 e. The van der Waals surface area contributed by atoms with E-state index in [1.54, 1.807) is 13.3 Å². The number of fused-ring (bicyclic) bond motifs is 2. The van der Waals surface area contributed by atoms with E-state index in [1.807, 2.05) is 36.4 Å². The topological polar surface area (TPSA) is 66.5 Å². The number of methoxy groups -OCH3 is 1. The quantitative estimate of drug-likeness (QED) is 0.886. The first-order chi connectivity index (χ1) is 12.8. The van der Waals surface area contributed by atoms with Gasteiger partial charge in [-0.2, -0.15) is 0 Å². The summed E-state index contributed by atoms with van der Waals surface area (Å²) in [5, 5.41) is 6.72. The third kappa shape index (κ3) is 3.12. The summed E-state index contributed by atoms with van der Waals surface area (Å²) in [5.41, 5.74) is 1.40. The van der Waals surface area contributed by atoms with E-state index >= 15 is 0 Å². The van der Waals surface area contributed by atoms with E-state index in [-0.39, 0.29) is 11.9 Å². The van der Waals surface area contributed by atoms with Crippen molar-refractivity contribution in [3.05, 3.63) is 48.2 Å². The molecule has 0 spiro atoms. The molecule has 4 rings (SSSR count). The van der Waals surface area contributed by atoms with Crippen molar-refractivity contribution in [1.82, 2.24) is 15.2 Å². The number of rotatable bonds is 4. The van der Waals surface area contributed by atoms with Crippen LogP contribution in [0.4, 0.5) is 11.5 Å². The summed E-state index contributed by atoms with van der Waals surface area (Å²) in [4.78, 5) is 19.9. The van der Waals surface area contributed by atoms with Gasteiger partial charge < -0.3 is 20.3 Å². The van der Waals surface area contributed by atoms with Crippen molar-refractivity contribution in [1.29, 1.82) is 0 Å². The van der Waals surface area contributed by atoms with E-state index < -0.39 is 0 Å². The highest BCUT2D eigenvalue weighted by molar-refractivity contribution is 6.00. The number of hydrogen-bond acceptors (Lipinski definition) is 5. The van der Waals surface area contributed by atoms with Crippen LogP contribution >= 0.6 is 0 Å². The van der Waals surface area contributed by atoms with Gasteiger partial charge in [-0.15, -0.1) is 0 Å². The minimum atomic E-state index is 0.0618. The van der Waals surface area contributed by atoms with Crippen molar-refractivity contribution < 1.29 is 9.53 Å². The summed E-state index contributed by atoms with van der Waals surface area (Å²) in [6, 6.07) is 11.9. The van der Waals surface area contributed by atoms with Crippen molar-refractivity contribution in [2.75, 3.05) is 25.5 Å². The molecule has 2 aromatic rings. The molecule has 2 unspecified atom stereocenters. The summed E-state index contributed by atoms with van der Waals surface area (Å²) < 4.78 is 5.40. The fraction of sp³-hybridized carbons (Fsp3) is 0.400. The number of para-hydroxylation sites is 2. The van der Waals surface area contributed by atoms with Gasteiger partial charge in [0.15, 0.2) is 0 Å². The second-order valence-corrected chi connectivity index (χ2v) is 6.82. The number of amides is 1. The van der Waals surface area contributed by atoms with Crippen molar-refractivity contribution in [3.8, 4) is 5.75 Å². The molecule has 6 heteroatoms. The fourth-order valence-electron chi connectivity index (χ4n) is 4.01. The van der Waals surface area contributed by atoms with E-state index in [0.717, 1.165) is 43.8 Å². The predicted molar refractivity (Wildman–Crippen MR) is 101 cm³/mol. The smallest absolute Gasteiger partial charge is 0.258 e. The van der Waals surface area contributed by atoms with E-state index in [1.165, 1.54) is 0 Å². The number of benzene rings is 1. The zero-order valence-corrected chi connectivity index (χ0v) is 14.9. The highest BCUT2D eigenvalue weighted by Crippen LogP contribution is 2.32. The third-order valence-corrected chi connectivity index (χ3v) is 5.29. The number of hydrogen-bond donors (Lipinski definition) is 2. The number of anilines is 2. The Morgan fingerprint density at radius 3 is 2.92 bits per heavy atom. The van der Waals surface area contributed by atoms with Gasteiger partial charge in [-0.3, -0.25) is 4.79 Å². The van der Waals surface area contributed by atoms with Crippen LogP contribution < -0.4 is 15.4 Å². The van der Waals surface area contributed by atoms with Crippen molar-refractivity contribution in [2.24, 2.45) is 0 Å². The molecule has 0 aliphatic carbocycles. The summed E-state index contributed by atoms with van der Waals surface area (Å²) >= 11 is 0. The average Bonchev–Trinajstić information content (AvgIpc) is 2.94. The highest BCUT2D eigenvalue weighted by atomic mass is 16.5. The molecule has 26 heavy (non-hydrogen) atoms. The van der Waals surface area contributed by atoms with Gasteiger partial charge in [0.05, 0.1) is 18.4 Å². The lowest BCUT2D eigenvalue weighted by Gasteiger charge is -2.28. The Bertz CT molecular complexity index is 781. The molecule has 0 radical (unpaired) electrons. The minimum Gasteiger partial charge on any atom is -0.495 e. The molecular formula is C20H24N4O2. The van der Waals surface area contributed by atoms with Gasteiger partial charge in [0, 0.05) is 24.8 Å². The number of carbonyl (C=O) groups is 1. The zero-order valence-electron chi connectivity index (χ0n) is 14.9. The Hall–Kier alpha value is -2.60. The van der Waals surface area contributed by atoms with Crippen molar-refractivity contribution in [2.45, 2.75) is 31.3 Å². The number of carbonyl (C=O) groups excluding carboxylic acids is 1. The number of pyridine rings is 1. The van der Waals surface area contributed by atoms with Crippen molar-refractivity contribution in [3.63, 3.8) is 0 Å². The second kappa shape index (κ2) is 7.33. The van der Waals surface area contributed by atoms with Crippen LogP contribution in [-0.4, -0.2) is 48.1 Å². The van der Waals surface area contributed by atoms with Gasteiger partial charge in [-0.25, -0.2) is 4.98 Å². The molecule has 2 aliphatic rings. The SMILES string of the molecule is COc1ccccc1Nc1ncccc1C(=O)N1C2CCNCC1CC2. The van der Waals surface area contributed by atoms with Crippen LogP contribution in [0.3, 0.4) is 0 Å². The third-order valence-electron chi connectivity index (χ3n) is 5.29. The molecule has 136 valence electrons. The van der Waals surface area contributed by atoms with Gasteiger partial charge in [-0.1, -0.05) is 12.1 Å². The maximum atomic E-state index is 13.4. The molecule has 6 nitrogen and oxygen atoms in total. The van der Waals surface area contributed by atoms with E-state index in [2.05, 4.69) is 20.5 Å². The van der Waals surface area contributed by atoms with E-state index in [0.29, 0.717) is 17.4 Å². The van der Waals surface area contributed by atoms with Crippen LogP contribution in [0.5, 0.6) is 5.75 Å². The van der Waals surface area contributed by atoms with Crippen LogP contribution in [0.15, 0.2) is 42.6 Å². The molecule has 2 fully saturated rings. The maximum Gasteiger partial charge on any atom is 0.258 e. The second-order valence-electron chi connectivity index (χ2n) is 6.82. The number of aromatic nitrogens is 1. The Morgan fingerprint density at radius 1 is 1.19 bits per heavy atom. The van der Waals surface area contributed by atoms with Gasteiger partial charge >= 0.3 is 0 Å². The molecule has 2 saturated heterocycles. The molecule has 1 aromatic heterocycles. The predicted octanol–water partition coefficient (Wildman–Crippen LogP) is 2.80. The Labute approximate surface area is 153 Å². The van der Waals surface area contributed by atoms with Crippen LogP contribution in [0.2, 0.25) is 0 Å². The Balaban J connectivity index is 1.64. The van der Waals surface area contributed by atoms with E-state index in [4.69, 9.17) is 4.74 Å². The zero-order chi connectivity index (χ0) is 17.9. The molecular weight excluding hydrogens is 328 g/mol. The van der Waals surface area contributed by atoms with Crippen LogP contribution in [0, 0.1) is 0 Å². The summed E-state index contributed by atoms with van der Waals surface area (Å²) in [5.74, 6) is 1.35. The van der Waals surface area contributed by atoms with Gasteiger partial charge in [0.25, 0.3) is 5.91 Å². The Morgan fingerprint density at radius 2 is 2.04 bits per heavy atom. The molecule has 1 aromatic carbocycles. The summed E-state index contributed by atoms with van der Waals surface area (Å²) in [7, 11) is 1.63. The molecule has 2 aliphatic heterocycles. The average molecular weight is 352 g/mol. The molecule has 2 atom stereocenters. The lowest BCUT2D eigenvalue weighted by molar-refractivity contribution is 0.0681. The standard InChI is InChI=1S/C20H24N4O2/c1-26-18-7-3-2-6-17(18)23-19-16(5-4-11-22-19)20(25)24-14-8-9-15(24)13-21-12-10-14/h2-7,11,14-15,21H,8-10,12-13H2,1H3,(H,22,23). The van der Waals surface area contributed by atoms with Crippen LogP contribution in [-0.2, 0) is 0 Å². The number of nitrogens with zero attached hydrogens (tertiary/aromatic N) is 2. The lowest BCUT2D eigenvalue weighted by atomic mass is 10.1. The molecule has 2 N–H and O–H groups in total. The first kappa shape index (κ1) is 16.8. The fourth-order valence-corrected chi connectivity index (χ4v) is 4.01. The maximum absolute atomic E-state index is 13.4. The minimum absolute atomic E-state index is 0.0618. The first-order valence-electron chi connectivity index (χ1n) is 9.16. The van der Waals surface area contributed by atoms with Gasteiger partial charge in [-0.05, 0) is 50.1 Å². The monoisotopic (exact) mass is 352 g/mol. The molecule has 3 heterocycles. The molecule has 2 bridgehead atoms. The normalized spacial score (nSPS) is 22.0. The molecule has 1 amide bonds. The van der Waals surface area contributed by atoms with Crippen LogP contribution in [0.1, 0.15) is 29.6 Å². The molecule has 0 saturated carbocycles. The van der Waals surface area contributed by atoms with Gasteiger partial charge in [0.2, 0.25) is 0 Å². The summed E-state index contributed by atoms with van der Waals surface area (Å²) in [6.45, 7) is 1.85. The van der Waals surface area contributed by atoms with E-state index in [9.17, 15) is 4.79 Å². The first-order valence-corrected chi connectivity index (χ1v) is 9.16. The Kier molecular flexibility index (Phi) is 4.75. The number of ether oxygens (including phenoxy) is 1. The highest BCUT2D eigenvalue weighted by Gasteiger charge is 2.39. The van der Waals surface area contributed by atoms with Crippen molar-refractivity contribution >= 4 is 17.4 Å². The lowest BCUT2D eigenvalue weighted by Crippen LogP contribution is -2.42.